The van der Waals surface area contributed by atoms with Crippen LogP contribution in [0.1, 0.15) is 25.8 Å². The highest BCUT2D eigenvalue weighted by Gasteiger charge is 2.14. The van der Waals surface area contributed by atoms with Crippen LogP contribution in [0.3, 0.4) is 0 Å². The first-order valence-corrected chi connectivity index (χ1v) is 7.85. The van der Waals surface area contributed by atoms with Gasteiger partial charge in [-0.15, -0.1) is 0 Å². The van der Waals surface area contributed by atoms with Crippen molar-refractivity contribution in [3.63, 3.8) is 0 Å². The monoisotopic (exact) mass is 313 g/mol. The molecule has 0 radical (unpaired) electrons. The zero-order chi connectivity index (χ0) is 16.7. The molecule has 0 aliphatic carbocycles. The van der Waals surface area contributed by atoms with Crippen LogP contribution in [0, 0.1) is 6.92 Å². The summed E-state index contributed by atoms with van der Waals surface area (Å²) in [6, 6.07) is 15.0. The Bertz CT molecular complexity index is 637. The molecule has 0 heterocycles. The second-order valence-electron chi connectivity index (χ2n) is 5.44. The van der Waals surface area contributed by atoms with Gasteiger partial charge in [-0.2, -0.15) is 0 Å². The Morgan fingerprint density at radius 3 is 2.52 bits per heavy atom. The number of nitrogens with one attached hydrogen (secondary N) is 1. The van der Waals surface area contributed by atoms with Gasteiger partial charge in [0.1, 0.15) is 11.5 Å². The molecule has 2 rings (SSSR count). The maximum atomic E-state index is 12.2. The Kier molecular flexibility index (Phi) is 6.03. The molecule has 0 bridgehead atoms. The summed E-state index contributed by atoms with van der Waals surface area (Å²) in [6.07, 6.45) is 0.388. The molecule has 23 heavy (non-hydrogen) atoms. The minimum absolute atomic E-state index is 0.186. The average molecular weight is 313 g/mol. The second-order valence-corrected chi connectivity index (χ2v) is 5.44. The molecule has 122 valence electrons. The van der Waals surface area contributed by atoms with Crippen molar-refractivity contribution >= 4 is 11.6 Å². The van der Waals surface area contributed by atoms with Crippen LogP contribution in [-0.2, 0) is 4.79 Å². The van der Waals surface area contributed by atoms with Crippen molar-refractivity contribution in [2.24, 2.45) is 0 Å². The molecule has 0 aliphatic heterocycles. The fourth-order valence-corrected chi connectivity index (χ4v) is 2.04. The van der Waals surface area contributed by atoms with Crippen molar-refractivity contribution in [3.05, 3.63) is 54.1 Å². The van der Waals surface area contributed by atoms with Gasteiger partial charge in [0.25, 0.3) is 5.91 Å². The highest BCUT2D eigenvalue weighted by molar-refractivity contribution is 5.94. The first-order chi connectivity index (χ1) is 11.1. The maximum absolute atomic E-state index is 12.2. The van der Waals surface area contributed by atoms with Gasteiger partial charge in [-0.1, -0.05) is 19.1 Å². The molecule has 4 heteroatoms. The van der Waals surface area contributed by atoms with Gasteiger partial charge in [0.15, 0.2) is 6.10 Å². The van der Waals surface area contributed by atoms with E-state index in [9.17, 15) is 4.79 Å². The molecule has 2 aromatic rings. The lowest BCUT2D eigenvalue weighted by atomic mass is 10.2. The molecule has 0 spiro atoms. The van der Waals surface area contributed by atoms with Gasteiger partial charge < -0.3 is 14.8 Å². The Morgan fingerprint density at radius 1 is 1.13 bits per heavy atom. The zero-order valence-corrected chi connectivity index (χ0v) is 13.8. The third-order valence-electron chi connectivity index (χ3n) is 3.27. The molecule has 0 saturated carbocycles. The van der Waals surface area contributed by atoms with Crippen LogP contribution in [0.25, 0.3) is 0 Å². The summed E-state index contributed by atoms with van der Waals surface area (Å²) in [4.78, 5) is 12.2. The van der Waals surface area contributed by atoms with E-state index in [-0.39, 0.29) is 5.91 Å². The summed E-state index contributed by atoms with van der Waals surface area (Å²) >= 11 is 0. The van der Waals surface area contributed by atoms with Crippen molar-refractivity contribution in [1.82, 2.24) is 0 Å². The van der Waals surface area contributed by atoms with E-state index in [1.54, 1.807) is 6.92 Å². The summed E-state index contributed by atoms with van der Waals surface area (Å²) < 4.78 is 11.2. The SMILES string of the molecule is CCCOc1ccc(NC(=O)[C@H](C)Oc2cccc(C)c2)cc1. The van der Waals surface area contributed by atoms with E-state index < -0.39 is 6.10 Å². The van der Waals surface area contributed by atoms with E-state index in [0.717, 1.165) is 23.4 Å². The highest BCUT2D eigenvalue weighted by Crippen LogP contribution is 2.18. The molecular weight excluding hydrogens is 290 g/mol. The summed E-state index contributed by atoms with van der Waals surface area (Å²) in [6.45, 7) is 6.47. The number of carbonyl (C=O) groups is 1. The normalized spacial score (nSPS) is 11.6. The van der Waals surface area contributed by atoms with Gasteiger partial charge in [0, 0.05) is 5.69 Å². The lowest BCUT2D eigenvalue weighted by Gasteiger charge is -2.15. The molecule has 0 unspecified atom stereocenters. The van der Waals surface area contributed by atoms with Gasteiger partial charge in [-0.25, -0.2) is 0 Å². The zero-order valence-electron chi connectivity index (χ0n) is 13.8. The van der Waals surface area contributed by atoms with Gasteiger partial charge in [0.05, 0.1) is 6.61 Å². The van der Waals surface area contributed by atoms with Crippen LogP contribution in [0.4, 0.5) is 5.69 Å². The molecule has 0 aromatic heterocycles. The smallest absolute Gasteiger partial charge is 0.265 e. The van der Waals surface area contributed by atoms with Crippen LogP contribution in [-0.4, -0.2) is 18.6 Å². The van der Waals surface area contributed by atoms with E-state index in [1.807, 2.05) is 55.5 Å². The largest absolute Gasteiger partial charge is 0.494 e. The third-order valence-corrected chi connectivity index (χ3v) is 3.27. The Labute approximate surface area is 137 Å². The number of amides is 1. The predicted octanol–water partition coefficient (Wildman–Crippen LogP) is 4.19. The quantitative estimate of drug-likeness (QED) is 0.833. The molecule has 4 nitrogen and oxygen atoms in total. The van der Waals surface area contributed by atoms with Gasteiger partial charge in [-0.05, 0) is 62.2 Å². The number of aryl methyl sites for hydroxylation is 1. The number of hydrogen-bond donors (Lipinski definition) is 1. The van der Waals surface area contributed by atoms with Crippen LogP contribution >= 0.6 is 0 Å². The highest BCUT2D eigenvalue weighted by atomic mass is 16.5. The fourth-order valence-electron chi connectivity index (χ4n) is 2.04. The number of benzene rings is 2. The first kappa shape index (κ1) is 16.9. The average Bonchev–Trinajstić information content (AvgIpc) is 2.54. The van der Waals surface area contributed by atoms with Crippen molar-refractivity contribution in [3.8, 4) is 11.5 Å². The molecule has 1 amide bonds. The van der Waals surface area contributed by atoms with Crippen LogP contribution in [0.5, 0.6) is 11.5 Å². The Morgan fingerprint density at radius 2 is 1.87 bits per heavy atom. The minimum atomic E-state index is -0.576. The second kappa shape index (κ2) is 8.22. The Balaban J connectivity index is 1.90. The molecule has 1 N–H and O–H groups in total. The van der Waals surface area contributed by atoms with E-state index in [0.29, 0.717) is 12.4 Å². The van der Waals surface area contributed by atoms with E-state index >= 15 is 0 Å². The lowest BCUT2D eigenvalue weighted by Crippen LogP contribution is -2.30. The van der Waals surface area contributed by atoms with Gasteiger partial charge in [-0.3, -0.25) is 4.79 Å². The standard InChI is InChI=1S/C19H23NO3/c1-4-12-22-17-10-8-16(9-11-17)20-19(21)15(3)23-18-7-5-6-14(2)13-18/h5-11,13,15H,4,12H2,1-3H3,(H,20,21)/t15-/m0/s1. The summed E-state index contributed by atoms with van der Waals surface area (Å²) in [5.74, 6) is 1.30. The van der Waals surface area contributed by atoms with Crippen LogP contribution in [0.2, 0.25) is 0 Å². The van der Waals surface area contributed by atoms with E-state index in [1.165, 1.54) is 0 Å². The van der Waals surface area contributed by atoms with E-state index in [4.69, 9.17) is 9.47 Å². The Hall–Kier alpha value is -2.49. The van der Waals surface area contributed by atoms with E-state index in [2.05, 4.69) is 12.2 Å². The summed E-state index contributed by atoms with van der Waals surface area (Å²) in [5, 5.41) is 2.84. The summed E-state index contributed by atoms with van der Waals surface area (Å²) in [5.41, 5.74) is 1.82. The number of anilines is 1. The van der Waals surface area contributed by atoms with Crippen molar-refractivity contribution < 1.29 is 14.3 Å². The predicted molar refractivity (Wildman–Crippen MR) is 92.1 cm³/mol. The fraction of sp³-hybridized carbons (Fsp3) is 0.316. The van der Waals surface area contributed by atoms with Crippen molar-refractivity contribution in [2.45, 2.75) is 33.3 Å². The molecule has 2 aromatic carbocycles. The number of rotatable bonds is 7. The van der Waals surface area contributed by atoms with Crippen LogP contribution in [0.15, 0.2) is 48.5 Å². The maximum Gasteiger partial charge on any atom is 0.265 e. The number of ether oxygens (including phenoxy) is 2. The molecule has 0 aliphatic rings. The lowest BCUT2D eigenvalue weighted by molar-refractivity contribution is -0.122. The van der Waals surface area contributed by atoms with Crippen LogP contribution < -0.4 is 14.8 Å². The molecular formula is C19H23NO3. The number of hydrogen-bond acceptors (Lipinski definition) is 3. The molecule has 1 atom stereocenters. The van der Waals surface area contributed by atoms with Gasteiger partial charge in [0.2, 0.25) is 0 Å². The molecule has 0 fully saturated rings. The molecule has 0 saturated heterocycles. The topological polar surface area (TPSA) is 47.6 Å². The summed E-state index contributed by atoms with van der Waals surface area (Å²) in [7, 11) is 0. The van der Waals surface area contributed by atoms with Gasteiger partial charge >= 0.3 is 0 Å². The third kappa shape index (κ3) is 5.33. The number of carbonyl (C=O) groups excluding carboxylic acids is 1. The van der Waals surface area contributed by atoms with Crippen molar-refractivity contribution in [1.29, 1.82) is 0 Å². The van der Waals surface area contributed by atoms with Crippen molar-refractivity contribution in [2.75, 3.05) is 11.9 Å². The first-order valence-electron chi connectivity index (χ1n) is 7.85. The minimum Gasteiger partial charge on any atom is -0.494 e.